The molecule has 3 rings (SSSR count). The van der Waals surface area contributed by atoms with Crippen LogP contribution in [-0.2, 0) is 0 Å². The Kier molecular flexibility index (Phi) is 20.2. The number of nitrogen functional groups attached to an aromatic ring is 1. The van der Waals surface area contributed by atoms with Crippen molar-refractivity contribution in [2.45, 2.75) is 49.6 Å². The molecule has 0 aromatic carbocycles. The van der Waals surface area contributed by atoms with Gasteiger partial charge in [-0.25, -0.2) is 19.9 Å². The van der Waals surface area contributed by atoms with Gasteiger partial charge in [0.15, 0.2) is 15.5 Å². The van der Waals surface area contributed by atoms with Gasteiger partial charge < -0.3 is 33.2 Å². The number of hydrogen-bond donors (Lipinski definition) is 6. The third-order valence-corrected chi connectivity index (χ3v) is 6.16. The monoisotopic (exact) mass is 611 g/mol. The van der Waals surface area contributed by atoms with Gasteiger partial charge in [-0.05, 0) is 23.7 Å². The number of nitrogens with one attached hydrogen (secondary N) is 3. The maximum absolute atomic E-state index is 5.51. The summed E-state index contributed by atoms with van der Waals surface area (Å²) in [4.78, 5) is 36.5. The molecule has 0 amide bonds. The second-order valence-corrected chi connectivity index (χ2v) is 10.8. The first-order chi connectivity index (χ1) is 19.5. The first-order valence-corrected chi connectivity index (χ1v) is 15.8. The molecule has 0 aliphatic carbocycles. The van der Waals surface area contributed by atoms with E-state index in [-0.39, 0.29) is 5.95 Å². The first kappa shape index (κ1) is 35.2. The molecule has 0 saturated carbocycles. The Labute approximate surface area is 248 Å². The molecule has 40 heavy (non-hydrogen) atoms. The molecular formula is C22H41N15S3. The number of nitrogens with zero attached hydrogens (tertiary/aromatic N) is 9. The minimum atomic E-state index is 0.232. The van der Waals surface area contributed by atoms with E-state index < -0.39 is 0 Å². The summed E-state index contributed by atoms with van der Waals surface area (Å²) in [5, 5.41) is 11.2. The fourth-order valence-corrected chi connectivity index (χ4v) is 4.01. The quantitative estimate of drug-likeness (QED) is 0.135. The van der Waals surface area contributed by atoms with E-state index in [0.717, 1.165) is 40.5 Å². The van der Waals surface area contributed by atoms with Crippen LogP contribution in [0.2, 0.25) is 0 Å². The molecule has 0 radical (unpaired) electrons. The fraction of sp³-hybridized carbons (Fsp3) is 0.591. The van der Waals surface area contributed by atoms with Crippen molar-refractivity contribution in [1.29, 1.82) is 0 Å². The summed E-state index contributed by atoms with van der Waals surface area (Å²) in [6.45, 7) is 11.6. The van der Waals surface area contributed by atoms with E-state index in [2.05, 4.69) is 81.6 Å². The minimum Gasteiger partial charge on any atom is -0.368 e. The van der Waals surface area contributed by atoms with Crippen LogP contribution in [0.4, 0.5) is 23.8 Å². The number of hydrogen-bond acceptors (Lipinski definition) is 18. The molecule has 3 aromatic heterocycles. The molecule has 15 nitrogen and oxygen atoms in total. The van der Waals surface area contributed by atoms with E-state index >= 15 is 0 Å². The highest BCUT2D eigenvalue weighted by molar-refractivity contribution is 7.99. The molecule has 3 heterocycles. The van der Waals surface area contributed by atoms with E-state index in [4.69, 9.17) is 17.2 Å². The topological polar surface area (TPSA) is 230 Å². The van der Waals surface area contributed by atoms with Gasteiger partial charge in [0.25, 0.3) is 0 Å². The standard InChI is InChI=1S/C8H14N4S.C7H14N6S.C7H13N5S/c1-3-5-9-7-10-6-11-8(12-7)13-4-2;1-2-14-7-12-5(9)11-6(13-7)10-4-3-8;1-2-13-7-11-5-10-6(12-7)9-4-3-8/h6H,3-5H2,1-2H3,(H,9,10,11,12);2-4,8H2,1H3,(H3,9,10,11,12,13);5H,2-4,8H2,1H3,(H,9,10,11,12). The highest BCUT2D eigenvalue weighted by atomic mass is 32.2. The normalized spacial score (nSPS) is 10.1. The molecular weight excluding hydrogens is 571 g/mol. The highest BCUT2D eigenvalue weighted by Gasteiger charge is 2.03. The van der Waals surface area contributed by atoms with Gasteiger partial charge in [-0.2, -0.15) is 24.9 Å². The number of rotatable bonds is 15. The lowest BCUT2D eigenvalue weighted by molar-refractivity contribution is 0.877. The van der Waals surface area contributed by atoms with Crippen LogP contribution in [-0.4, -0.2) is 94.8 Å². The zero-order valence-electron chi connectivity index (χ0n) is 23.5. The third-order valence-electron chi connectivity index (χ3n) is 3.94. The number of thioether (sulfide) groups is 3. The summed E-state index contributed by atoms with van der Waals surface area (Å²) in [5.41, 5.74) is 16.2. The fourth-order valence-electron chi connectivity index (χ4n) is 2.38. The first-order valence-electron chi connectivity index (χ1n) is 12.9. The van der Waals surface area contributed by atoms with Crippen molar-refractivity contribution in [1.82, 2.24) is 44.9 Å². The Morgan fingerprint density at radius 2 is 1.02 bits per heavy atom. The number of nitrogens with two attached hydrogens (primary N) is 3. The highest BCUT2D eigenvalue weighted by Crippen LogP contribution is 2.14. The van der Waals surface area contributed by atoms with Crippen LogP contribution in [0.1, 0.15) is 34.1 Å². The average Bonchev–Trinajstić information content (AvgIpc) is 2.95. The lowest BCUT2D eigenvalue weighted by Gasteiger charge is -2.04. The minimum absolute atomic E-state index is 0.232. The van der Waals surface area contributed by atoms with Gasteiger partial charge in [0.05, 0.1) is 0 Å². The summed E-state index contributed by atoms with van der Waals surface area (Å²) in [5.74, 6) is 4.83. The van der Waals surface area contributed by atoms with Crippen LogP contribution in [0.15, 0.2) is 28.1 Å². The number of anilines is 4. The van der Waals surface area contributed by atoms with Crippen molar-refractivity contribution in [3.05, 3.63) is 12.7 Å². The van der Waals surface area contributed by atoms with Crippen LogP contribution in [0.3, 0.4) is 0 Å². The van der Waals surface area contributed by atoms with Crippen LogP contribution in [0, 0.1) is 0 Å². The zero-order valence-corrected chi connectivity index (χ0v) is 25.9. The summed E-state index contributed by atoms with van der Waals surface area (Å²) in [7, 11) is 0. The molecule has 0 atom stereocenters. The van der Waals surface area contributed by atoms with Crippen molar-refractivity contribution >= 4 is 59.1 Å². The summed E-state index contributed by atoms with van der Waals surface area (Å²) in [6.07, 6.45) is 4.12. The van der Waals surface area contributed by atoms with Crippen molar-refractivity contribution < 1.29 is 0 Å². The van der Waals surface area contributed by atoms with Crippen LogP contribution >= 0.6 is 35.3 Å². The molecule has 0 aliphatic heterocycles. The summed E-state index contributed by atoms with van der Waals surface area (Å²) in [6, 6.07) is 0. The Hall–Kier alpha value is -2.80. The van der Waals surface area contributed by atoms with Gasteiger partial charge in [-0.1, -0.05) is 63.0 Å². The predicted octanol–water partition coefficient (Wildman–Crippen LogP) is 2.10. The molecule has 0 unspecified atom stereocenters. The van der Waals surface area contributed by atoms with Crippen LogP contribution < -0.4 is 33.2 Å². The van der Waals surface area contributed by atoms with Gasteiger partial charge in [-0.15, -0.1) is 0 Å². The van der Waals surface area contributed by atoms with Gasteiger partial charge in [0.1, 0.15) is 12.7 Å². The van der Waals surface area contributed by atoms with E-state index in [1.807, 2.05) is 6.92 Å². The maximum atomic E-state index is 5.51. The summed E-state index contributed by atoms with van der Waals surface area (Å²) >= 11 is 4.73. The van der Waals surface area contributed by atoms with Crippen molar-refractivity contribution in [2.24, 2.45) is 11.5 Å². The number of aromatic nitrogens is 9. The Bertz CT molecular complexity index is 1010. The smallest absolute Gasteiger partial charge is 0.228 e. The van der Waals surface area contributed by atoms with Gasteiger partial charge in [-0.3, -0.25) is 0 Å². The predicted molar refractivity (Wildman–Crippen MR) is 167 cm³/mol. The summed E-state index contributed by atoms with van der Waals surface area (Å²) < 4.78 is 0. The van der Waals surface area contributed by atoms with Crippen LogP contribution in [0.5, 0.6) is 0 Å². The third kappa shape index (κ3) is 16.3. The van der Waals surface area contributed by atoms with E-state index in [0.29, 0.717) is 49.2 Å². The molecule has 18 heteroatoms. The van der Waals surface area contributed by atoms with Crippen molar-refractivity contribution in [3.63, 3.8) is 0 Å². The van der Waals surface area contributed by atoms with Gasteiger partial charge >= 0.3 is 0 Å². The second-order valence-electron chi connectivity index (χ2n) is 7.14. The second kappa shape index (κ2) is 23.0. The maximum Gasteiger partial charge on any atom is 0.228 e. The zero-order chi connectivity index (χ0) is 29.4. The van der Waals surface area contributed by atoms with E-state index in [1.54, 1.807) is 29.9 Å². The Morgan fingerprint density at radius 1 is 0.575 bits per heavy atom. The van der Waals surface area contributed by atoms with Gasteiger partial charge in [0.2, 0.25) is 23.8 Å². The lowest BCUT2D eigenvalue weighted by atomic mass is 10.5. The van der Waals surface area contributed by atoms with Gasteiger partial charge in [0, 0.05) is 32.7 Å². The van der Waals surface area contributed by atoms with E-state index in [1.165, 1.54) is 18.1 Å². The Balaban J connectivity index is 0.000000300. The molecule has 3 aromatic rings. The molecule has 0 fully saturated rings. The molecule has 9 N–H and O–H groups in total. The molecule has 0 aliphatic rings. The van der Waals surface area contributed by atoms with Crippen LogP contribution in [0.25, 0.3) is 0 Å². The largest absolute Gasteiger partial charge is 0.368 e. The Morgan fingerprint density at radius 3 is 1.50 bits per heavy atom. The average molecular weight is 612 g/mol. The SMILES string of the molecule is CCCNc1ncnc(SCC)n1.CCSc1nc(N)nc(NCCN)n1.CCSc1ncnc(NCCN)n1. The van der Waals surface area contributed by atoms with Crippen molar-refractivity contribution in [2.75, 3.05) is 71.7 Å². The van der Waals surface area contributed by atoms with E-state index in [9.17, 15) is 0 Å². The molecule has 0 saturated heterocycles. The lowest BCUT2D eigenvalue weighted by Crippen LogP contribution is -2.16. The molecule has 0 bridgehead atoms. The van der Waals surface area contributed by atoms with Crippen molar-refractivity contribution in [3.8, 4) is 0 Å². The molecule has 0 spiro atoms. The molecule has 222 valence electrons.